The lowest BCUT2D eigenvalue weighted by atomic mass is 10.1. The Kier molecular flexibility index (Phi) is 7.13. The van der Waals surface area contributed by atoms with E-state index in [2.05, 4.69) is 50.0 Å². The zero-order valence-electron chi connectivity index (χ0n) is 16.3. The van der Waals surface area contributed by atoms with Crippen LogP contribution in [0.15, 0.2) is 59.9 Å². The minimum Gasteiger partial charge on any atom is -0.361 e. The van der Waals surface area contributed by atoms with Crippen LogP contribution in [0.25, 0.3) is 21.8 Å². The molecule has 0 aliphatic heterocycles. The van der Waals surface area contributed by atoms with Crippen LogP contribution in [0.5, 0.6) is 0 Å². The first-order valence-electron chi connectivity index (χ1n) is 9.49. The Morgan fingerprint density at radius 2 is 1.52 bits per heavy atom. The Labute approximate surface area is 186 Å². The fourth-order valence-electron chi connectivity index (χ4n) is 3.55. The summed E-state index contributed by atoms with van der Waals surface area (Å²) in [5.41, 5.74) is 4.50. The molecule has 4 N–H and O–H groups in total. The van der Waals surface area contributed by atoms with Gasteiger partial charge in [0, 0.05) is 54.3 Å². The number of rotatable bonds is 6. The number of H-pyrrole nitrogens is 2. The van der Waals surface area contributed by atoms with E-state index >= 15 is 0 Å². The van der Waals surface area contributed by atoms with Gasteiger partial charge in [0.25, 0.3) is 0 Å². The van der Waals surface area contributed by atoms with E-state index in [1.165, 1.54) is 17.0 Å². The van der Waals surface area contributed by atoms with Gasteiger partial charge >= 0.3 is 0 Å². The van der Waals surface area contributed by atoms with Gasteiger partial charge < -0.3 is 20.6 Å². The summed E-state index contributed by atoms with van der Waals surface area (Å²) < 4.78 is 13.5. The highest BCUT2D eigenvalue weighted by Gasteiger charge is 2.06. The van der Waals surface area contributed by atoms with E-state index in [0.29, 0.717) is 0 Å². The van der Waals surface area contributed by atoms with Crippen LogP contribution in [0.1, 0.15) is 11.1 Å². The molecule has 0 amide bonds. The number of aromatic nitrogens is 2. The van der Waals surface area contributed by atoms with Crippen LogP contribution in [0.4, 0.5) is 4.39 Å². The molecule has 152 valence electrons. The van der Waals surface area contributed by atoms with Gasteiger partial charge in [0.2, 0.25) is 0 Å². The lowest BCUT2D eigenvalue weighted by Crippen LogP contribution is -2.39. The van der Waals surface area contributed by atoms with Gasteiger partial charge in [-0.1, -0.05) is 18.2 Å². The highest BCUT2D eigenvalue weighted by molar-refractivity contribution is 14.0. The number of aromatic amines is 2. The number of hydrogen-bond donors (Lipinski definition) is 4. The molecule has 4 rings (SSSR count). The molecular formula is C22H25FIN5. The monoisotopic (exact) mass is 505 g/mol. The summed E-state index contributed by atoms with van der Waals surface area (Å²) >= 11 is 0. The minimum atomic E-state index is -0.212. The van der Waals surface area contributed by atoms with Crippen LogP contribution in [0.3, 0.4) is 0 Å². The third kappa shape index (κ3) is 4.90. The van der Waals surface area contributed by atoms with Crippen molar-refractivity contribution in [1.82, 2.24) is 20.6 Å². The number of hydrogen-bond acceptors (Lipinski definition) is 1. The number of fused-ring (bicyclic) bond motifs is 2. The van der Waals surface area contributed by atoms with E-state index in [9.17, 15) is 4.39 Å². The topological polar surface area (TPSA) is 68.0 Å². The summed E-state index contributed by atoms with van der Waals surface area (Å²) in [7, 11) is 1.77. The summed E-state index contributed by atoms with van der Waals surface area (Å²) in [6.45, 7) is 1.51. The first-order valence-corrected chi connectivity index (χ1v) is 9.49. The van der Waals surface area contributed by atoms with E-state index < -0.39 is 0 Å². The molecule has 7 heteroatoms. The number of benzene rings is 2. The average Bonchev–Trinajstić information content (AvgIpc) is 3.31. The number of nitrogens with zero attached hydrogens (tertiary/aromatic N) is 1. The van der Waals surface area contributed by atoms with E-state index in [-0.39, 0.29) is 29.8 Å². The second-order valence-corrected chi connectivity index (χ2v) is 6.79. The molecule has 29 heavy (non-hydrogen) atoms. The molecule has 0 bridgehead atoms. The largest absolute Gasteiger partial charge is 0.361 e. The van der Waals surface area contributed by atoms with Gasteiger partial charge in [-0.05, 0) is 48.2 Å². The van der Waals surface area contributed by atoms with Crippen molar-refractivity contribution in [3.8, 4) is 0 Å². The molecule has 0 aliphatic rings. The molecule has 2 heterocycles. The average molecular weight is 505 g/mol. The molecule has 0 fully saturated rings. The van der Waals surface area contributed by atoms with Crippen LogP contribution in [-0.2, 0) is 12.8 Å². The number of para-hydroxylation sites is 1. The van der Waals surface area contributed by atoms with Crippen LogP contribution in [-0.4, -0.2) is 36.1 Å². The van der Waals surface area contributed by atoms with Gasteiger partial charge in [0.1, 0.15) is 5.82 Å². The molecule has 2 aromatic heterocycles. The van der Waals surface area contributed by atoms with Crippen molar-refractivity contribution in [2.24, 2.45) is 4.99 Å². The fraction of sp³-hybridized carbons (Fsp3) is 0.227. The summed E-state index contributed by atoms with van der Waals surface area (Å²) in [5.74, 6) is 0.557. The van der Waals surface area contributed by atoms with Crippen LogP contribution in [0, 0.1) is 5.82 Å². The first kappa shape index (κ1) is 21.2. The minimum absolute atomic E-state index is 0. The summed E-state index contributed by atoms with van der Waals surface area (Å²) in [4.78, 5) is 10.8. The van der Waals surface area contributed by atoms with Crippen LogP contribution >= 0.6 is 24.0 Å². The van der Waals surface area contributed by atoms with Gasteiger partial charge in [-0.2, -0.15) is 0 Å². The Balaban J connectivity index is 0.00000240. The Morgan fingerprint density at radius 3 is 2.21 bits per heavy atom. The van der Waals surface area contributed by atoms with E-state index in [1.807, 2.05) is 12.3 Å². The van der Waals surface area contributed by atoms with Gasteiger partial charge in [-0.25, -0.2) is 4.39 Å². The maximum atomic E-state index is 13.5. The quantitative estimate of drug-likeness (QED) is 0.179. The summed E-state index contributed by atoms with van der Waals surface area (Å²) in [6.07, 6.45) is 5.71. The number of halogens is 2. The standard InChI is InChI=1S/C22H24FN5.HI/c1-24-22(25-10-8-15-13-27-20-5-3-2-4-18(15)20)26-11-9-16-14-28-21-7-6-17(23)12-19(16)21;/h2-7,12-14,27-28H,8-11H2,1H3,(H2,24,25,26);1H. The number of aliphatic imine (C=N–C) groups is 1. The molecule has 2 aromatic carbocycles. The molecule has 0 saturated heterocycles. The Morgan fingerprint density at radius 1 is 0.897 bits per heavy atom. The van der Waals surface area contributed by atoms with Gasteiger partial charge in [0.05, 0.1) is 0 Å². The van der Waals surface area contributed by atoms with Crippen molar-refractivity contribution in [2.45, 2.75) is 12.8 Å². The smallest absolute Gasteiger partial charge is 0.190 e. The van der Waals surface area contributed by atoms with E-state index in [4.69, 9.17) is 0 Å². The fourth-order valence-corrected chi connectivity index (χ4v) is 3.55. The Bertz CT molecular complexity index is 1110. The second-order valence-electron chi connectivity index (χ2n) is 6.79. The predicted molar refractivity (Wildman–Crippen MR) is 129 cm³/mol. The van der Waals surface area contributed by atoms with Gasteiger partial charge in [-0.15, -0.1) is 24.0 Å². The third-order valence-corrected chi connectivity index (χ3v) is 5.00. The maximum absolute atomic E-state index is 13.5. The molecule has 0 spiro atoms. The molecule has 0 radical (unpaired) electrons. The molecule has 0 aliphatic carbocycles. The van der Waals surface area contributed by atoms with Crippen molar-refractivity contribution in [1.29, 1.82) is 0 Å². The third-order valence-electron chi connectivity index (χ3n) is 5.00. The van der Waals surface area contributed by atoms with Crippen LogP contribution < -0.4 is 10.6 Å². The van der Waals surface area contributed by atoms with Crippen molar-refractivity contribution in [3.05, 3.63) is 71.8 Å². The number of guanidine groups is 1. The SMILES string of the molecule is CN=C(NCCc1c[nH]c2ccccc12)NCCc1c[nH]c2ccc(F)cc12.I. The normalized spacial score (nSPS) is 11.6. The number of nitrogens with one attached hydrogen (secondary N) is 4. The summed E-state index contributed by atoms with van der Waals surface area (Å²) in [6, 6.07) is 13.1. The molecule has 4 aromatic rings. The maximum Gasteiger partial charge on any atom is 0.190 e. The summed E-state index contributed by atoms with van der Waals surface area (Å²) in [5, 5.41) is 8.88. The van der Waals surface area contributed by atoms with Crippen LogP contribution in [0.2, 0.25) is 0 Å². The van der Waals surface area contributed by atoms with E-state index in [0.717, 1.165) is 53.9 Å². The van der Waals surface area contributed by atoms with Crippen molar-refractivity contribution in [2.75, 3.05) is 20.1 Å². The molecule has 0 unspecified atom stereocenters. The molecule has 0 atom stereocenters. The first-order chi connectivity index (χ1) is 13.7. The Hall–Kier alpha value is -2.55. The molecular weight excluding hydrogens is 480 g/mol. The predicted octanol–water partition coefficient (Wildman–Crippen LogP) is 4.36. The van der Waals surface area contributed by atoms with Gasteiger partial charge in [0.15, 0.2) is 5.96 Å². The van der Waals surface area contributed by atoms with Gasteiger partial charge in [-0.3, -0.25) is 4.99 Å². The molecule has 5 nitrogen and oxygen atoms in total. The van der Waals surface area contributed by atoms with E-state index in [1.54, 1.807) is 19.2 Å². The highest BCUT2D eigenvalue weighted by atomic mass is 127. The van der Waals surface area contributed by atoms with Crippen molar-refractivity contribution in [3.63, 3.8) is 0 Å². The molecule has 0 saturated carbocycles. The van der Waals surface area contributed by atoms with Crippen molar-refractivity contribution < 1.29 is 4.39 Å². The highest BCUT2D eigenvalue weighted by Crippen LogP contribution is 2.20. The zero-order chi connectivity index (χ0) is 19.3. The lowest BCUT2D eigenvalue weighted by Gasteiger charge is -2.11. The lowest BCUT2D eigenvalue weighted by molar-refractivity contribution is 0.629. The second kappa shape index (κ2) is 9.78. The zero-order valence-corrected chi connectivity index (χ0v) is 18.6. The van der Waals surface area contributed by atoms with Crippen molar-refractivity contribution >= 4 is 51.7 Å².